The quantitative estimate of drug-likeness (QED) is 0.295. The molecule has 3 heterocycles. The van der Waals surface area contributed by atoms with Gasteiger partial charge in [0.2, 0.25) is 29.1 Å². The molecule has 0 bridgehead atoms. The van der Waals surface area contributed by atoms with E-state index in [1.165, 1.54) is 23.0 Å². The van der Waals surface area contributed by atoms with Gasteiger partial charge in [-0.05, 0) is 19.1 Å². The van der Waals surface area contributed by atoms with Gasteiger partial charge in [0.25, 0.3) is 11.8 Å². The summed E-state index contributed by atoms with van der Waals surface area (Å²) in [5.74, 6) is -13.9. The number of nitrogens with one attached hydrogen (secondary N) is 1. The van der Waals surface area contributed by atoms with Crippen LogP contribution in [-0.2, 0) is 17.9 Å². The van der Waals surface area contributed by atoms with E-state index in [1.54, 1.807) is 11.8 Å². The van der Waals surface area contributed by atoms with Gasteiger partial charge in [-0.1, -0.05) is 0 Å². The minimum absolute atomic E-state index is 0.133. The van der Waals surface area contributed by atoms with E-state index in [-0.39, 0.29) is 28.8 Å². The highest BCUT2D eigenvalue weighted by Gasteiger charge is 2.28. The van der Waals surface area contributed by atoms with Crippen LogP contribution in [0.25, 0.3) is 0 Å². The summed E-state index contributed by atoms with van der Waals surface area (Å²) in [4.78, 5) is 27.3. The lowest BCUT2D eigenvalue weighted by molar-refractivity contribution is 0.0295. The Labute approximate surface area is 200 Å². The van der Waals surface area contributed by atoms with Crippen molar-refractivity contribution in [3.63, 3.8) is 0 Å². The molecule has 4 rings (SSSR count). The average Bonchev–Trinajstić information content (AvgIpc) is 3.53. The van der Waals surface area contributed by atoms with Gasteiger partial charge in [-0.25, -0.2) is 13.2 Å². The van der Waals surface area contributed by atoms with Crippen molar-refractivity contribution >= 4 is 17.5 Å². The molecule has 0 atom stereocenters. The average molecular weight is 514 g/mol. The molecule has 14 heteroatoms. The van der Waals surface area contributed by atoms with Crippen molar-refractivity contribution in [3.05, 3.63) is 64.6 Å². The zero-order valence-corrected chi connectivity index (χ0v) is 18.7. The molecule has 1 aliphatic heterocycles. The molecule has 9 nitrogen and oxygen atoms in total. The first-order valence-electron chi connectivity index (χ1n) is 10.7. The zero-order chi connectivity index (χ0) is 26.0. The number of morpholine rings is 1. The van der Waals surface area contributed by atoms with Crippen LogP contribution in [0.15, 0.2) is 22.7 Å². The maximum absolute atomic E-state index is 13.8. The number of benzene rings is 1. The number of amides is 2. The largest absolute Gasteiger partial charge is 0.479 e. The number of rotatable bonds is 7. The number of carbonyl (C=O) groups is 2. The Balaban J connectivity index is 1.47. The molecule has 0 unspecified atom stereocenters. The SMILES string of the molecule is CCn1ncc(NC(=O)c2ccc(COc3c(F)c(F)c(F)c(F)c3F)o2)c1C(=O)N1CCOCC1. The van der Waals surface area contributed by atoms with Gasteiger partial charge in [0.05, 0.1) is 25.1 Å². The lowest BCUT2D eigenvalue weighted by Crippen LogP contribution is -2.41. The molecular formula is C22H19F5N4O5. The maximum atomic E-state index is 13.8. The number of aryl methyl sites for hydroxylation is 1. The van der Waals surface area contributed by atoms with Crippen molar-refractivity contribution in [2.75, 3.05) is 31.6 Å². The summed E-state index contributed by atoms with van der Waals surface area (Å²) in [6, 6.07) is 2.43. The molecule has 3 aromatic rings. The van der Waals surface area contributed by atoms with Gasteiger partial charge in [0, 0.05) is 19.6 Å². The molecule has 1 saturated heterocycles. The zero-order valence-electron chi connectivity index (χ0n) is 18.7. The summed E-state index contributed by atoms with van der Waals surface area (Å²) < 4.78 is 84.0. The third-order valence-electron chi connectivity index (χ3n) is 5.30. The van der Waals surface area contributed by atoms with Gasteiger partial charge in [0.1, 0.15) is 18.1 Å². The lowest BCUT2D eigenvalue weighted by atomic mass is 10.2. The molecule has 1 N–H and O–H groups in total. The van der Waals surface area contributed by atoms with Crippen molar-refractivity contribution < 1.29 is 45.4 Å². The Morgan fingerprint density at radius 2 is 1.67 bits per heavy atom. The van der Waals surface area contributed by atoms with Crippen LogP contribution in [0.4, 0.5) is 27.6 Å². The van der Waals surface area contributed by atoms with E-state index in [1.807, 2.05) is 0 Å². The molecule has 0 aliphatic carbocycles. The second-order valence-corrected chi connectivity index (χ2v) is 7.53. The van der Waals surface area contributed by atoms with Crippen LogP contribution in [0.2, 0.25) is 0 Å². The van der Waals surface area contributed by atoms with E-state index >= 15 is 0 Å². The molecule has 36 heavy (non-hydrogen) atoms. The monoisotopic (exact) mass is 514 g/mol. The smallest absolute Gasteiger partial charge is 0.291 e. The summed E-state index contributed by atoms with van der Waals surface area (Å²) in [6.45, 7) is 2.93. The Kier molecular flexibility index (Phi) is 7.24. The molecule has 0 saturated carbocycles. The predicted molar refractivity (Wildman–Crippen MR) is 112 cm³/mol. The first-order chi connectivity index (χ1) is 17.2. The van der Waals surface area contributed by atoms with Crippen molar-refractivity contribution in [1.82, 2.24) is 14.7 Å². The first kappa shape index (κ1) is 25.2. The number of hydrogen-bond acceptors (Lipinski definition) is 6. The molecule has 1 aromatic carbocycles. The number of ether oxygens (including phenoxy) is 2. The fourth-order valence-corrected chi connectivity index (χ4v) is 3.47. The highest BCUT2D eigenvalue weighted by atomic mass is 19.2. The van der Waals surface area contributed by atoms with Crippen LogP contribution in [0.5, 0.6) is 5.75 Å². The topological polar surface area (TPSA) is 98.8 Å². The standard InChI is InChI=1S/C22H19F5N4O5/c1-2-31-19(22(33)30-5-7-34-8-6-30)12(9-28-31)29-21(32)13-4-3-11(36-13)10-35-20-17(26)15(24)14(23)16(25)18(20)27/h3-4,9H,2,5-8,10H2,1H3,(H,29,32). The molecule has 192 valence electrons. The van der Waals surface area contributed by atoms with Gasteiger partial charge >= 0.3 is 0 Å². The Bertz CT molecular complexity index is 1270. The van der Waals surface area contributed by atoms with Gasteiger partial charge in [-0.2, -0.15) is 13.9 Å². The summed E-state index contributed by atoms with van der Waals surface area (Å²) in [6.07, 6.45) is 1.31. The maximum Gasteiger partial charge on any atom is 0.291 e. The molecule has 0 radical (unpaired) electrons. The van der Waals surface area contributed by atoms with Gasteiger partial charge in [-0.15, -0.1) is 0 Å². The third kappa shape index (κ3) is 4.76. The lowest BCUT2D eigenvalue weighted by Gasteiger charge is -2.27. The predicted octanol–water partition coefficient (Wildman–Crippen LogP) is 3.50. The Hall–Kier alpha value is -3.94. The molecule has 2 aromatic heterocycles. The molecule has 2 amide bonds. The molecule has 1 fully saturated rings. The minimum Gasteiger partial charge on any atom is -0.479 e. The van der Waals surface area contributed by atoms with Gasteiger partial charge in [-0.3, -0.25) is 14.3 Å². The Morgan fingerprint density at radius 3 is 2.31 bits per heavy atom. The van der Waals surface area contributed by atoms with E-state index in [0.29, 0.717) is 32.8 Å². The third-order valence-corrected chi connectivity index (χ3v) is 5.30. The molecular weight excluding hydrogens is 495 g/mol. The number of aromatic nitrogens is 2. The van der Waals surface area contributed by atoms with Crippen molar-refractivity contribution in [2.45, 2.75) is 20.1 Å². The highest BCUT2D eigenvalue weighted by Crippen LogP contribution is 2.30. The van der Waals surface area contributed by atoms with E-state index in [9.17, 15) is 31.5 Å². The fraction of sp³-hybridized carbons (Fsp3) is 0.318. The van der Waals surface area contributed by atoms with E-state index in [2.05, 4.69) is 10.4 Å². The van der Waals surface area contributed by atoms with Crippen LogP contribution in [0.3, 0.4) is 0 Å². The van der Waals surface area contributed by atoms with Crippen LogP contribution in [0.1, 0.15) is 33.7 Å². The second kappa shape index (κ2) is 10.4. The first-order valence-corrected chi connectivity index (χ1v) is 10.7. The summed E-state index contributed by atoms with van der Waals surface area (Å²) in [5.41, 5.74) is 0.295. The number of carbonyl (C=O) groups excluding carboxylic acids is 2. The number of nitrogens with zero attached hydrogens (tertiary/aromatic N) is 3. The molecule has 1 aliphatic rings. The van der Waals surface area contributed by atoms with Crippen LogP contribution in [0, 0.1) is 29.1 Å². The summed E-state index contributed by atoms with van der Waals surface area (Å²) >= 11 is 0. The number of anilines is 1. The van der Waals surface area contributed by atoms with E-state index in [4.69, 9.17) is 13.9 Å². The minimum atomic E-state index is -2.31. The Morgan fingerprint density at radius 1 is 1.03 bits per heavy atom. The van der Waals surface area contributed by atoms with Crippen molar-refractivity contribution in [1.29, 1.82) is 0 Å². The van der Waals surface area contributed by atoms with Gasteiger partial charge < -0.3 is 24.1 Å². The van der Waals surface area contributed by atoms with E-state index < -0.39 is 47.3 Å². The van der Waals surface area contributed by atoms with E-state index in [0.717, 1.165) is 0 Å². The van der Waals surface area contributed by atoms with Crippen LogP contribution in [-0.4, -0.2) is 52.8 Å². The highest BCUT2D eigenvalue weighted by molar-refractivity contribution is 6.07. The summed E-state index contributed by atoms with van der Waals surface area (Å²) in [7, 11) is 0. The van der Waals surface area contributed by atoms with Crippen LogP contribution >= 0.6 is 0 Å². The van der Waals surface area contributed by atoms with Crippen LogP contribution < -0.4 is 10.1 Å². The fourth-order valence-electron chi connectivity index (χ4n) is 3.47. The van der Waals surface area contributed by atoms with Crippen molar-refractivity contribution in [2.24, 2.45) is 0 Å². The van der Waals surface area contributed by atoms with Gasteiger partial charge in [0.15, 0.2) is 11.5 Å². The summed E-state index contributed by atoms with van der Waals surface area (Å²) in [5, 5.41) is 6.65. The number of hydrogen-bond donors (Lipinski definition) is 1. The molecule has 0 spiro atoms. The number of halogens is 5. The van der Waals surface area contributed by atoms with Crippen molar-refractivity contribution in [3.8, 4) is 5.75 Å². The second-order valence-electron chi connectivity index (χ2n) is 7.53. The number of furan rings is 1. The normalized spacial score (nSPS) is 13.7.